The van der Waals surface area contributed by atoms with Gasteiger partial charge in [-0.25, -0.2) is 0 Å². The molecule has 4 heterocycles. The minimum absolute atomic E-state index is 0.0694. The van der Waals surface area contributed by atoms with Crippen molar-refractivity contribution in [1.29, 1.82) is 0 Å². The topological polar surface area (TPSA) is 135 Å². The second-order valence-corrected chi connectivity index (χ2v) is 40.6. The zero-order valence-electron chi connectivity index (χ0n) is 46.3. The Morgan fingerprint density at radius 1 is 0.693 bits per heavy atom. The van der Waals surface area contributed by atoms with Crippen molar-refractivity contribution in [3.8, 4) is 0 Å². The SMILES string of the molecule is CB(O)N1CC(C(C)=O)C1.I[I-]I.[B]/C=C(/C)C1CN(B(C)O)C1.[B]C=P(c1ccccc1)(c1ccccc1)c1ccccc1.[B]CC.[B]CC(C)C1CN(B(C)O)C1.[B]CC(C)C1CNC1.[B]CP(=O)(OC)OC. The number of nitrogens with zero attached hydrogens (tertiary/aromatic N) is 3. The van der Waals surface area contributed by atoms with E-state index in [0.29, 0.717) is 31.0 Å². The first-order chi connectivity index (χ1) is 35.6. The van der Waals surface area contributed by atoms with Gasteiger partial charge in [-0.1, -0.05) is 136 Å². The maximum atomic E-state index is 10.8. The summed E-state index contributed by atoms with van der Waals surface area (Å²) < 4.78 is 19.6. The number of Topliss-reactive ketones (excluding diaryl/α,β-unsaturated/α-hetero) is 1. The summed E-state index contributed by atoms with van der Waals surface area (Å²) in [5.74, 6) is 5.52. The van der Waals surface area contributed by atoms with Gasteiger partial charge in [0.1, 0.15) is 21.5 Å². The van der Waals surface area contributed by atoms with Gasteiger partial charge in [0.05, 0.1) is 31.4 Å². The first-order valence-electron chi connectivity index (χ1n) is 25.5. The van der Waals surface area contributed by atoms with E-state index in [9.17, 15) is 9.36 Å². The van der Waals surface area contributed by atoms with E-state index in [1.54, 1.807) is 26.5 Å². The van der Waals surface area contributed by atoms with Crippen molar-refractivity contribution >= 4 is 147 Å². The molecule has 2 unspecified atom stereocenters. The average molecular weight is 1390 g/mol. The Morgan fingerprint density at radius 2 is 1.01 bits per heavy atom. The summed E-state index contributed by atoms with van der Waals surface area (Å²) in [7, 11) is 31.2. The van der Waals surface area contributed by atoms with Crippen LogP contribution in [0.3, 0.4) is 0 Å². The summed E-state index contributed by atoms with van der Waals surface area (Å²) in [6.07, 6.45) is 2.35. The molecule has 0 spiro atoms. The van der Waals surface area contributed by atoms with Gasteiger partial charge >= 0.3 is 79.2 Å². The fourth-order valence-electron chi connectivity index (χ4n) is 7.55. The predicted octanol–water partition coefficient (Wildman–Crippen LogP) is 3.27. The third-order valence-electron chi connectivity index (χ3n) is 13.5. The fraction of sp³-hybridized carbons (Fsp3) is 0.560. The smallest absolute Gasteiger partial charge is 0.376 e. The molecule has 0 bridgehead atoms. The van der Waals surface area contributed by atoms with E-state index in [1.165, 1.54) is 48.8 Å². The summed E-state index contributed by atoms with van der Waals surface area (Å²) in [4.78, 5) is 16.6. The molecule has 0 aliphatic carbocycles. The fourth-order valence-corrected chi connectivity index (χ4v) is 11.3. The van der Waals surface area contributed by atoms with E-state index < -0.39 is 21.5 Å². The van der Waals surface area contributed by atoms with E-state index in [0.717, 1.165) is 70.1 Å². The average Bonchev–Trinajstić information content (AvgIpc) is 3.34. The van der Waals surface area contributed by atoms with E-state index in [4.69, 9.17) is 62.1 Å². The van der Waals surface area contributed by atoms with Crippen molar-refractivity contribution in [3.05, 3.63) is 103 Å². The molecule has 0 aromatic heterocycles. The number of halogens is 3. The van der Waals surface area contributed by atoms with Crippen molar-refractivity contribution in [1.82, 2.24) is 19.7 Å². The number of carbonyl (C=O) groups excluding carboxylic acids is 1. The number of benzene rings is 3. The van der Waals surface area contributed by atoms with Gasteiger partial charge in [0.2, 0.25) is 0 Å². The first-order valence-corrected chi connectivity index (χ1v) is 41.7. The van der Waals surface area contributed by atoms with Crippen LogP contribution in [0.5, 0.6) is 0 Å². The molecule has 3 aromatic carbocycles. The third-order valence-corrected chi connectivity index (χ3v) is 18.8. The van der Waals surface area contributed by atoms with Crippen LogP contribution in [-0.4, -0.2) is 182 Å². The van der Waals surface area contributed by atoms with Gasteiger partial charge in [0.25, 0.3) is 0 Å². The van der Waals surface area contributed by atoms with E-state index in [-0.39, 0.29) is 31.9 Å². The van der Waals surface area contributed by atoms with Gasteiger partial charge in [-0.05, 0) is 120 Å². The van der Waals surface area contributed by atoms with Gasteiger partial charge in [-0.15, -0.1) is 11.7 Å². The molecule has 4 aliphatic rings. The third kappa shape index (κ3) is 27.6. The second kappa shape index (κ2) is 42.8. The molecular weight excluding hydrogens is 1310 g/mol. The van der Waals surface area contributed by atoms with Gasteiger partial charge < -0.3 is 43.9 Å². The van der Waals surface area contributed by atoms with Gasteiger partial charge in [-0.2, -0.15) is 0 Å². The van der Waals surface area contributed by atoms with Crippen LogP contribution in [0.2, 0.25) is 39.4 Å². The van der Waals surface area contributed by atoms with Crippen LogP contribution in [0.4, 0.5) is 0 Å². The van der Waals surface area contributed by atoms with Crippen molar-refractivity contribution in [2.24, 2.45) is 35.5 Å². The Kier molecular flexibility index (Phi) is 42.8. The number of hydrogen-bond acceptors (Lipinski definition) is 11. The Balaban J connectivity index is 0.000000890. The van der Waals surface area contributed by atoms with Crippen LogP contribution in [0, 0.1) is 35.5 Å². The Labute approximate surface area is 493 Å². The zero-order valence-corrected chi connectivity index (χ0v) is 54.6. The first kappa shape index (κ1) is 75.0. The van der Waals surface area contributed by atoms with Crippen LogP contribution >= 0.6 is 51.7 Å². The van der Waals surface area contributed by atoms with E-state index in [2.05, 4.69) is 143 Å². The molecular formula is C50H81B9I3N4O7P2-. The molecule has 4 N–H and O–H groups in total. The zero-order chi connectivity index (χ0) is 57.1. The number of nitrogens with one attached hydrogen (secondary N) is 1. The van der Waals surface area contributed by atoms with Crippen LogP contribution in [0.25, 0.3) is 0 Å². The molecule has 0 amide bonds. The quantitative estimate of drug-likeness (QED) is 0.102. The maximum absolute atomic E-state index is 10.8. The van der Waals surface area contributed by atoms with Crippen LogP contribution < -0.4 is 34.5 Å². The molecule has 402 valence electrons. The molecule has 4 fully saturated rings. The number of ketones is 1. The van der Waals surface area contributed by atoms with Crippen molar-refractivity contribution in [2.45, 2.75) is 74.0 Å². The molecule has 2 atom stereocenters. The number of hydrogen-bond donors (Lipinski definition) is 4. The van der Waals surface area contributed by atoms with E-state index in [1.807, 2.05) is 54.2 Å². The monoisotopic (exact) mass is 1390 g/mol. The Bertz CT molecular complexity index is 1930. The summed E-state index contributed by atoms with van der Waals surface area (Å²) in [5, 5.41) is 34.3. The van der Waals surface area contributed by atoms with Crippen LogP contribution in [0.1, 0.15) is 34.6 Å². The molecule has 4 saturated heterocycles. The molecule has 3 aromatic rings. The molecule has 11 nitrogen and oxygen atoms in total. The molecule has 25 heteroatoms. The number of rotatable bonds is 15. The maximum Gasteiger partial charge on any atom is 0.376 e. The van der Waals surface area contributed by atoms with Crippen molar-refractivity contribution in [3.63, 3.8) is 0 Å². The number of carbonyl (C=O) groups is 1. The summed E-state index contributed by atoms with van der Waals surface area (Å²) in [5.41, 5.74) is 3.13. The standard InChI is InChI=1S/C19H16BP.C7H15B2NO.C7H13B2NO.C6H12BNO2.C6H12BN.C3H8BO3P.C2H5B.I3/c20-16-21(17-10-4-1-5-11-17,18-12-6-2-7-13-18)19-14-8-3-9-15-19;2*1-6(3-8)7-4-10(5-7)9(2)11;1-5(9)6-3-8(4-6)7(2)10;1-5(2-7)6-3-8-4-6;1-6-8(5,3-4)7-2;1-2-3;1-3-2/h1-16H;6-7,11H,3-5H2,1-2H3;3,7,11H,4-5H2,1-2H3;6,10H,3-4H2,1-2H3;5-6,8H,2-4H2,1H3;3H2,1-2H3;2H2,1H3;/q;;;;;;;-1/b;;6-3-;;;;;. The normalized spacial score (nSPS) is 16.7. The van der Waals surface area contributed by atoms with Crippen molar-refractivity contribution < 1.29 is 46.7 Å². The molecule has 0 saturated carbocycles. The second-order valence-electron chi connectivity index (χ2n) is 18.8. The van der Waals surface area contributed by atoms with Gasteiger partial charge in [0, 0.05) is 45.2 Å². The minimum atomic E-state index is -2.88. The van der Waals surface area contributed by atoms with Gasteiger partial charge in [-0.3, -0.25) is 9.36 Å². The summed E-state index contributed by atoms with van der Waals surface area (Å²) in [6, 6.07) is 31.6. The largest absolute Gasteiger partial charge is 0.437 e. The summed E-state index contributed by atoms with van der Waals surface area (Å²) in [6.45, 7) is 21.1. The van der Waals surface area contributed by atoms with Crippen LogP contribution in [-0.2, 0) is 18.4 Å². The minimum Gasteiger partial charge on any atom is -0.437 e. The molecule has 7 rings (SSSR count). The van der Waals surface area contributed by atoms with E-state index >= 15 is 0 Å². The van der Waals surface area contributed by atoms with Gasteiger partial charge in [0.15, 0.2) is 0 Å². The Morgan fingerprint density at radius 3 is 1.23 bits per heavy atom. The predicted molar refractivity (Wildman–Crippen MR) is 346 cm³/mol. The molecule has 75 heavy (non-hydrogen) atoms. The molecule has 4 aliphatic heterocycles. The van der Waals surface area contributed by atoms with Crippen molar-refractivity contribution in [2.75, 3.05) is 72.6 Å². The summed E-state index contributed by atoms with van der Waals surface area (Å²) >= 11 is 5.30. The Hall–Kier alpha value is 0.0144. The molecule has 12 radical (unpaired) electrons. The van der Waals surface area contributed by atoms with Crippen LogP contribution in [0.15, 0.2) is 103 Å².